The van der Waals surface area contributed by atoms with Gasteiger partial charge in [0.25, 0.3) is 10.0 Å². The van der Waals surface area contributed by atoms with Crippen LogP contribution in [0, 0.1) is 6.92 Å². The summed E-state index contributed by atoms with van der Waals surface area (Å²) < 4.78 is 27.6. The van der Waals surface area contributed by atoms with Crippen molar-refractivity contribution in [3.8, 4) is 0 Å². The van der Waals surface area contributed by atoms with Crippen LogP contribution in [0.1, 0.15) is 25.1 Å². The lowest BCUT2D eigenvalue weighted by Crippen LogP contribution is -2.30. The first-order valence-electron chi connectivity index (χ1n) is 10.2. The Morgan fingerprint density at radius 2 is 1.55 bits per heavy atom. The molecule has 1 aromatic heterocycles. The molecule has 9 heteroatoms. The van der Waals surface area contributed by atoms with Crippen LogP contribution in [0.15, 0.2) is 59.5 Å². The number of nitrogens with one attached hydrogen (secondary N) is 2. The van der Waals surface area contributed by atoms with Crippen LogP contribution in [0.25, 0.3) is 0 Å². The second kappa shape index (κ2) is 9.11. The molecule has 0 spiro atoms. The molecule has 3 aromatic rings. The van der Waals surface area contributed by atoms with Crippen LogP contribution in [0.3, 0.4) is 0 Å². The van der Waals surface area contributed by atoms with Crippen LogP contribution < -0.4 is 14.9 Å². The van der Waals surface area contributed by atoms with Crippen molar-refractivity contribution < 1.29 is 8.42 Å². The molecule has 2 aromatic carbocycles. The van der Waals surface area contributed by atoms with Crippen LogP contribution >= 0.6 is 11.6 Å². The Hall–Kier alpha value is -2.84. The van der Waals surface area contributed by atoms with E-state index in [4.69, 9.17) is 11.6 Å². The van der Waals surface area contributed by atoms with E-state index < -0.39 is 10.0 Å². The van der Waals surface area contributed by atoms with Crippen molar-refractivity contribution in [3.05, 3.63) is 65.4 Å². The minimum Gasteiger partial charge on any atom is -0.356 e. The van der Waals surface area contributed by atoms with Gasteiger partial charge >= 0.3 is 0 Å². The topological polar surface area (TPSA) is 87.2 Å². The first kappa shape index (κ1) is 21.4. The molecule has 0 bridgehead atoms. The molecular weight excluding hydrogens is 434 g/mol. The van der Waals surface area contributed by atoms with Gasteiger partial charge in [0, 0.05) is 35.6 Å². The van der Waals surface area contributed by atoms with E-state index in [2.05, 4.69) is 24.9 Å². The zero-order chi connectivity index (χ0) is 21.8. The summed E-state index contributed by atoms with van der Waals surface area (Å²) in [5.41, 5.74) is 1.27. The average molecular weight is 458 g/mol. The molecule has 31 heavy (non-hydrogen) atoms. The molecule has 0 saturated carbocycles. The fourth-order valence-electron chi connectivity index (χ4n) is 3.50. The van der Waals surface area contributed by atoms with E-state index >= 15 is 0 Å². The summed E-state index contributed by atoms with van der Waals surface area (Å²) in [6.45, 7) is 3.91. The van der Waals surface area contributed by atoms with Gasteiger partial charge in [-0.1, -0.05) is 11.6 Å². The van der Waals surface area contributed by atoms with Crippen molar-refractivity contribution in [2.45, 2.75) is 31.1 Å². The fourth-order valence-corrected chi connectivity index (χ4v) is 4.68. The maximum Gasteiger partial charge on any atom is 0.261 e. The Bertz CT molecular complexity index is 1150. The van der Waals surface area contributed by atoms with Crippen molar-refractivity contribution >= 4 is 44.6 Å². The Morgan fingerprint density at radius 1 is 0.903 bits per heavy atom. The predicted molar refractivity (Wildman–Crippen MR) is 125 cm³/mol. The second-order valence-electron chi connectivity index (χ2n) is 7.47. The normalized spacial score (nSPS) is 14.3. The number of hydrogen-bond donors (Lipinski definition) is 2. The number of anilines is 4. The Balaban J connectivity index is 1.46. The van der Waals surface area contributed by atoms with E-state index in [-0.39, 0.29) is 4.90 Å². The van der Waals surface area contributed by atoms with Gasteiger partial charge in [0.2, 0.25) is 0 Å². The number of sulfonamides is 1. The zero-order valence-electron chi connectivity index (χ0n) is 17.2. The first-order chi connectivity index (χ1) is 14.9. The fraction of sp³-hybridized carbons (Fsp3) is 0.273. The van der Waals surface area contributed by atoms with E-state index in [1.807, 2.05) is 13.0 Å². The SMILES string of the molecule is Cc1nc(Nc2ccc(NS(=O)(=O)c3ccc(Cl)cc3)cc2)cc(N2CCCCC2)n1. The Morgan fingerprint density at radius 3 is 2.23 bits per heavy atom. The number of rotatable bonds is 6. The van der Waals surface area contributed by atoms with Gasteiger partial charge in [-0.25, -0.2) is 18.4 Å². The summed E-state index contributed by atoms with van der Waals surface area (Å²) in [7, 11) is -3.68. The monoisotopic (exact) mass is 457 g/mol. The van der Waals surface area contributed by atoms with Crippen molar-refractivity contribution in [3.63, 3.8) is 0 Å². The van der Waals surface area contributed by atoms with Gasteiger partial charge < -0.3 is 10.2 Å². The van der Waals surface area contributed by atoms with Gasteiger partial charge in [0.15, 0.2) is 0 Å². The largest absolute Gasteiger partial charge is 0.356 e. The lowest BCUT2D eigenvalue weighted by Gasteiger charge is -2.28. The highest BCUT2D eigenvalue weighted by atomic mass is 35.5. The molecule has 0 radical (unpaired) electrons. The third-order valence-corrected chi connectivity index (χ3v) is 6.69. The molecule has 0 atom stereocenters. The van der Waals surface area contributed by atoms with Gasteiger partial charge in [-0.3, -0.25) is 4.72 Å². The average Bonchev–Trinajstić information content (AvgIpc) is 2.75. The standard InChI is InChI=1S/C22H24ClN5O2S/c1-16-24-21(15-22(25-16)28-13-3-2-4-14-28)26-18-7-9-19(10-8-18)27-31(29,30)20-11-5-17(23)6-12-20/h5-12,15,27H,2-4,13-14H2,1H3,(H,24,25,26). The molecular formula is C22H24ClN5O2S. The number of benzene rings is 2. The number of aromatic nitrogens is 2. The highest BCUT2D eigenvalue weighted by Gasteiger charge is 2.15. The molecule has 1 saturated heterocycles. The highest BCUT2D eigenvalue weighted by Crippen LogP contribution is 2.24. The van der Waals surface area contributed by atoms with Gasteiger partial charge in [-0.15, -0.1) is 0 Å². The summed E-state index contributed by atoms with van der Waals surface area (Å²) >= 11 is 5.84. The van der Waals surface area contributed by atoms with Gasteiger partial charge in [0.05, 0.1) is 4.90 Å². The number of aryl methyl sites for hydroxylation is 1. The first-order valence-corrected chi connectivity index (χ1v) is 12.0. The number of nitrogens with zero attached hydrogens (tertiary/aromatic N) is 3. The second-order valence-corrected chi connectivity index (χ2v) is 9.59. The molecule has 1 aliphatic heterocycles. The third kappa shape index (κ3) is 5.45. The quantitative estimate of drug-likeness (QED) is 0.543. The highest BCUT2D eigenvalue weighted by molar-refractivity contribution is 7.92. The minimum atomic E-state index is -3.68. The van der Waals surface area contributed by atoms with Gasteiger partial charge in [-0.2, -0.15) is 0 Å². The molecule has 7 nitrogen and oxygen atoms in total. The summed E-state index contributed by atoms with van der Waals surface area (Å²) in [6.07, 6.45) is 3.62. The van der Waals surface area contributed by atoms with Crippen LogP contribution in [0.2, 0.25) is 5.02 Å². The van der Waals surface area contributed by atoms with Crippen LogP contribution in [0.4, 0.5) is 23.0 Å². The molecule has 0 unspecified atom stereocenters. The number of piperidine rings is 1. The zero-order valence-corrected chi connectivity index (χ0v) is 18.7. The number of halogens is 1. The molecule has 0 amide bonds. The van der Waals surface area contributed by atoms with Crippen LogP contribution in [-0.2, 0) is 10.0 Å². The summed E-state index contributed by atoms with van der Waals surface area (Å²) in [5, 5.41) is 3.77. The molecule has 162 valence electrons. The molecule has 2 heterocycles. The van der Waals surface area contributed by atoms with Crippen LogP contribution in [-0.4, -0.2) is 31.5 Å². The lowest BCUT2D eigenvalue weighted by molar-refractivity contribution is 0.572. The van der Waals surface area contributed by atoms with Crippen molar-refractivity contribution in [1.29, 1.82) is 0 Å². The van der Waals surface area contributed by atoms with E-state index in [0.717, 1.165) is 24.6 Å². The molecule has 1 aliphatic rings. The Kier molecular flexibility index (Phi) is 6.29. The summed E-state index contributed by atoms with van der Waals surface area (Å²) in [5.74, 6) is 2.35. The molecule has 1 fully saturated rings. The lowest BCUT2D eigenvalue weighted by atomic mass is 10.1. The summed E-state index contributed by atoms with van der Waals surface area (Å²) in [6, 6.07) is 15.0. The third-order valence-electron chi connectivity index (χ3n) is 5.04. The van der Waals surface area contributed by atoms with E-state index in [1.165, 1.54) is 31.4 Å². The Labute approximate surface area is 187 Å². The predicted octanol–water partition coefficient (Wildman–Crippen LogP) is 4.97. The van der Waals surface area contributed by atoms with Gasteiger partial charge in [0.1, 0.15) is 17.5 Å². The molecule has 2 N–H and O–H groups in total. The van der Waals surface area contributed by atoms with Crippen LogP contribution in [0.5, 0.6) is 0 Å². The smallest absolute Gasteiger partial charge is 0.261 e. The summed E-state index contributed by atoms with van der Waals surface area (Å²) in [4.78, 5) is 11.5. The minimum absolute atomic E-state index is 0.154. The van der Waals surface area contributed by atoms with E-state index in [0.29, 0.717) is 22.4 Å². The van der Waals surface area contributed by atoms with Crippen molar-refractivity contribution in [2.75, 3.05) is 28.0 Å². The van der Waals surface area contributed by atoms with Gasteiger partial charge in [-0.05, 0) is 74.7 Å². The molecule has 4 rings (SSSR count). The number of hydrogen-bond acceptors (Lipinski definition) is 6. The maximum atomic E-state index is 12.5. The maximum absolute atomic E-state index is 12.5. The van der Waals surface area contributed by atoms with E-state index in [9.17, 15) is 8.42 Å². The van der Waals surface area contributed by atoms with Crippen molar-refractivity contribution in [2.24, 2.45) is 0 Å². The van der Waals surface area contributed by atoms with E-state index in [1.54, 1.807) is 36.4 Å². The van der Waals surface area contributed by atoms with Crippen molar-refractivity contribution in [1.82, 2.24) is 9.97 Å². The molecule has 0 aliphatic carbocycles.